The fourth-order valence-corrected chi connectivity index (χ4v) is 1.47. The van der Waals surface area contributed by atoms with Gasteiger partial charge in [0.1, 0.15) is 0 Å². The van der Waals surface area contributed by atoms with Crippen molar-refractivity contribution in [2.75, 3.05) is 13.1 Å². The maximum Gasteiger partial charge on any atom is 0.253 e. The fourth-order valence-electron chi connectivity index (χ4n) is 1.47. The number of rotatable bonds is 7. The highest BCUT2D eigenvalue weighted by Crippen LogP contribution is 1.92. The van der Waals surface area contributed by atoms with Crippen LogP contribution in [-0.4, -0.2) is 22.6 Å². The summed E-state index contributed by atoms with van der Waals surface area (Å²) in [5.41, 5.74) is 0.0325. The summed E-state index contributed by atoms with van der Waals surface area (Å²) in [4.78, 5) is 15.3. The van der Waals surface area contributed by atoms with E-state index in [-0.39, 0.29) is 5.56 Å². The first-order chi connectivity index (χ1) is 7.70. The molecule has 4 heteroatoms. The Morgan fingerprint density at radius 2 is 2.25 bits per heavy atom. The van der Waals surface area contributed by atoms with E-state index in [0.29, 0.717) is 5.92 Å². The van der Waals surface area contributed by atoms with Gasteiger partial charge in [-0.2, -0.15) is 0 Å². The number of unbranched alkanes of at least 4 members (excludes halogenated alkanes) is 1. The van der Waals surface area contributed by atoms with Crippen molar-refractivity contribution in [1.29, 1.82) is 0 Å². The van der Waals surface area contributed by atoms with Gasteiger partial charge in [-0.3, -0.25) is 9.36 Å². The van der Waals surface area contributed by atoms with Crippen LogP contribution in [0.5, 0.6) is 0 Å². The van der Waals surface area contributed by atoms with Crippen LogP contribution >= 0.6 is 0 Å². The van der Waals surface area contributed by atoms with Gasteiger partial charge in [-0.25, -0.2) is 4.98 Å². The average molecular weight is 223 g/mol. The Kier molecular flexibility index (Phi) is 5.78. The largest absolute Gasteiger partial charge is 0.316 e. The topological polar surface area (TPSA) is 46.9 Å². The van der Waals surface area contributed by atoms with E-state index in [1.807, 2.05) is 0 Å². The third kappa shape index (κ3) is 5.07. The molecule has 0 aliphatic rings. The number of nitrogens with one attached hydrogen (secondary N) is 1. The van der Waals surface area contributed by atoms with Gasteiger partial charge >= 0.3 is 0 Å². The molecule has 0 fully saturated rings. The maximum absolute atomic E-state index is 11.3. The summed E-state index contributed by atoms with van der Waals surface area (Å²) < 4.78 is 1.66. The van der Waals surface area contributed by atoms with Gasteiger partial charge < -0.3 is 5.32 Å². The molecule has 0 aliphatic heterocycles. The van der Waals surface area contributed by atoms with Crippen molar-refractivity contribution in [3.63, 3.8) is 0 Å². The number of hydrogen-bond acceptors (Lipinski definition) is 3. The van der Waals surface area contributed by atoms with Crippen LogP contribution in [0.15, 0.2) is 23.4 Å². The van der Waals surface area contributed by atoms with Crippen LogP contribution in [0, 0.1) is 5.92 Å². The van der Waals surface area contributed by atoms with E-state index in [1.165, 1.54) is 12.3 Å². The molecular formula is C12H21N3O. The van der Waals surface area contributed by atoms with Crippen molar-refractivity contribution in [1.82, 2.24) is 14.9 Å². The second-order valence-corrected chi connectivity index (χ2v) is 4.42. The normalized spacial score (nSPS) is 10.9. The highest BCUT2D eigenvalue weighted by atomic mass is 16.1. The van der Waals surface area contributed by atoms with Crippen LogP contribution in [-0.2, 0) is 6.54 Å². The van der Waals surface area contributed by atoms with Crippen molar-refractivity contribution in [3.05, 3.63) is 28.9 Å². The van der Waals surface area contributed by atoms with Crippen LogP contribution in [0.1, 0.15) is 26.7 Å². The molecule has 90 valence electrons. The zero-order valence-corrected chi connectivity index (χ0v) is 10.1. The van der Waals surface area contributed by atoms with Gasteiger partial charge in [0.15, 0.2) is 0 Å². The lowest BCUT2D eigenvalue weighted by Crippen LogP contribution is -2.22. The Labute approximate surface area is 96.7 Å². The molecule has 1 heterocycles. The van der Waals surface area contributed by atoms with Crippen molar-refractivity contribution in [3.8, 4) is 0 Å². The molecule has 0 radical (unpaired) electrons. The Balaban J connectivity index is 2.12. The lowest BCUT2D eigenvalue weighted by Gasteiger charge is -2.07. The third-order valence-electron chi connectivity index (χ3n) is 2.35. The molecule has 0 atom stereocenters. The molecule has 0 spiro atoms. The zero-order valence-electron chi connectivity index (χ0n) is 10.1. The fraction of sp³-hybridized carbons (Fsp3) is 0.667. The molecule has 0 unspecified atom stereocenters. The Bertz CT molecular complexity index is 346. The van der Waals surface area contributed by atoms with E-state index < -0.39 is 0 Å². The molecule has 0 amide bonds. The van der Waals surface area contributed by atoms with E-state index >= 15 is 0 Å². The molecule has 0 saturated heterocycles. The van der Waals surface area contributed by atoms with Gasteiger partial charge in [0, 0.05) is 18.8 Å². The molecule has 4 nitrogen and oxygen atoms in total. The summed E-state index contributed by atoms with van der Waals surface area (Å²) in [7, 11) is 0. The van der Waals surface area contributed by atoms with Crippen LogP contribution < -0.4 is 10.9 Å². The van der Waals surface area contributed by atoms with Gasteiger partial charge in [-0.1, -0.05) is 13.8 Å². The van der Waals surface area contributed by atoms with E-state index in [1.54, 1.807) is 10.9 Å². The number of aryl methyl sites for hydroxylation is 1. The number of nitrogens with zero attached hydrogens (tertiary/aromatic N) is 2. The minimum atomic E-state index is 0.0325. The lowest BCUT2D eigenvalue weighted by molar-refractivity contribution is 0.514. The number of aromatic nitrogens is 2. The van der Waals surface area contributed by atoms with Gasteiger partial charge in [0.2, 0.25) is 0 Å². The predicted molar refractivity (Wildman–Crippen MR) is 65.4 cm³/mol. The number of hydrogen-bond donors (Lipinski definition) is 1. The van der Waals surface area contributed by atoms with Crippen LogP contribution in [0.25, 0.3) is 0 Å². The van der Waals surface area contributed by atoms with Crippen molar-refractivity contribution < 1.29 is 0 Å². The predicted octanol–water partition coefficient (Wildman–Crippen LogP) is 1.27. The maximum atomic E-state index is 11.3. The second-order valence-electron chi connectivity index (χ2n) is 4.42. The summed E-state index contributed by atoms with van der Waals surface area (Å²) in [6.45, 7) is 7.24. The highest BCUT2D eigenvalue weighted by molar-refractivity contribution is 4.81. The van der Waals surface area contributed by atoms with Crippen molar-refractivity contribution in [2.24, 2.45) is 5.92 Å². The quantitative estimate of drug-likeness (QED) is 0.708. The molecule has 1 aromatic rings. The highest BCUT2D eigenvalue weighted by Gasteiger charge is 1.95. The van der Waals surface area contributed by atoms with E-state index in [0.717, 1.165) is 32.5 Å². The first kappa shape index (κ1) is 12.9. The van der Waals surface area contributed by atoms with Crippen molar-refractivity contribution >= 4 is 0 Å². The molecular weight excluding hydrogens is 202 g/mol. The standard InChI is InChI=1S/C12H21N3O/c1-11(2)9-13-6-3-4-8-15-10-14-7-5-12(15)16/h5,7,10-11,13H,3-4,6,8-9H2,1-2H3. The molecule has 1 N–H and O–H groups in total. The minimum Gasteiger partial charge on any atom is -0.316 e. The first-order valence-corrected chi connectivity index (χ1v) is 5.91. The molecule has 0 saturated carbocycles. The SMILES string of the molecule is CC(C)CNCCCCn1cnccc1=O. The Hall–Kier alpha value is -1.16. The van der Waals surface area contributed by atoms with Gasteiger partial charge in [-0.15, -0.1) is 0 Å². The van der Waals surface area contributed by atoms with Gasteiger partial charge in [0.25, 0.3) is 5.56 Å². The van der Waals surface area contributed by atoms with E-state index in [2.05, 4.69) is 24.1 Å². The molecule has 0 bridgehead atoms. The van der Waals surface area contributed by atoms with Gasteiger partial charge in [0.05, 0.1) is 6.33 Å². The molecule has 0 aromatic carbocycles. The average Bonchev–Trinajstić information content (AvgIpc) is 2.25. The van der Waals surface area contributed by atoms with Crippen LogP contribution in [0.2, 0.25) is 0 Å². The Morgan fingerprint density at radius 1 is 1.44 bits per heavy atom. The van der Waals surface area contributed by atoms with Crippen molar-refractivity contribution in [2.45, 2.75) is 33.2 Å². The summed E-state index contributed by atoms with van der Waals surface area (Å²) >= 11 is 0. The summed E-state index contributed by atoms with van der Waals surface area (Å²) in [6, 6.07) is 1.50. The third-order valence-corrected chi connectivity index (χ3v) is 2.35. The van der Waals surface area contributed by atoms with Crippen LogP contribution in [0.4, 0.5) is 0 Å². The summed E-state index contributed by atoms with van der Waals surface area (Å²) in [5.74, 6) is 0.695. The van der Waals surface area contributed by atoms with Crippen LogP contribution in [0.3, 0.4) is 0 Å². The zero-order chi connectivity index (χ0) is 11.8. The van der Waals surface area contributed by atoms with E-state index in [4.69, 9.17) is 0 Å². The molecule has 1 aromatic heterocycles. The Morgan fingerprint density at radius 3 is 2.94 bits per heavy atom. The lowest BCUT2D eigenvalue weighted by atomic mass is 10.2. The monoisotopic (exact) mass is 223 g/mol. The second kappa shape index (κ2) is 7.17. The van der Waals surface area contributed by atoms with Gasteiger partial charge in [-0.05, 0) is 31.8 Å². The smallest absolute Gasteiger partial charge is 0.253 e. The molecule has 0 aliphatic carbocycles. The molecule has 1 rings (SSSR count). The summed E-state index contributed by atoms with van der Waals surface area (Å²) in [5, 5.41) is 3.38. The first-order valence-electron chi connectivity index (χ1n) is 5.91. The minimum absolute atomic E-state index is 0.0325. The molecule has 16 heavy (non-hydrogen) atoms. The van der Waals surface area contributed by atoms with E-state index in [9.17, 15) is 4.79 Å². The summed E-state index contributed by atoms with van der Waals surface area (Å²) in [6.07, 6.45) is 5.23.